The fourth-order valence-corrected chi connectivity index (χ4v) is 3.64. The number of fused-ring (bicyclic) bond motifs is 1. The Kier molecular flexibility index (Phi) is 5.86. The lowest BCUT2D eigenvalue weighted by molar-refractivity contribution is 0.318. The van der Waals surface area contributed by atoms with Crippen LogP contribution in [0.1, 0.15) is 36.3 Å². The van der Waals surface area contributed by atoms with Gasteiger partial charge in [0, 0.05) is 17.7 Å². The van der Waals surface area contributed by atoms with Gasteiger partial charge in [0.1, 0.15) is 17.3 Å². The second kappa shape index (κ2) is 8.29. The fourth-order valence-electron chi connectivity index (χ4n) is 2.75. The highest BCUT2D eigenvalue weighted by atomic mass is 32.2. The minimum atomic E-state index is 0.732. The van der Waals surface area contributed by atoms with Gasteiger partial charge >= 0.3 is 0 Å². The topological polar surface area (TPSA) is 44.5 Å². The van der Waals surface area contributed by atoms with Crippen LogP contribution in [-0.4, -0.2) is 24.6 Å². The van der Waals surface area contributed by atoms with Crippen molar-refractivity contribution >= 4 is 11.8 Å². The Balaban J connectivity index is 1.33. The van der Waals surface area contributed by atoms with Crippen LogP contribution in [0.2, 0.25) is 0 Å². The molecule has 0 N–H and O–H groups in total. The summed E-state index contributed by atoms with van der Waals surface area (Å²) in [7, 11) is 1.67. The number of rotatable bonds is 8. The van der Waals surface area contributed by atoms with E-state index in [9.17, 15) is 0 Å². The number of nitrogens with zero attached hydrogens (tertiary/aromatic N) is 1. The molecule has 1 aromatic heterocycles. The van der Waals surface area contributed by atoms with Crippen molar-refractivity contribution in [1.82, 2.24) is 5.16 Å². The molecule has 0 saturated carbocycles. The summed E-state index contributed by atoms with van der Waals surface area (Å²) in [5.41, 5.74) is 2.53. The summed E-state index contributed by atoms with van der Waals surface area (Å²) in [6.45, 7) is 0.732. The van der Waals surface area contributed by atoms with E-state index in [1.807, 2.05) is 36.0 Å². The molecule has 0 amide bonds. The minimum Gasteiger partial charge on any atom is -0.497 e. The van der Waals surface area contributed by atoms with Crippen molar-refractivity contribution in [2.75, 3.05) is 19.5 Å². The quantitative estimate of drug-likeness (QED) is 0.675. The van der Waals surface area contributed by atoms with E-state index in [0.29, 0.717) is 0 Å². The van der Waals surface area contributed by atoms with Gasteiger partial charge in [0.05, 0.1) is 19.4 Å². The molecule has 1 aliphatic rings. The van der Waals surface area contributed by atoms with Crippen LogP contribution in [0.15, 0.2) is 28.8 Å². The van der Waals surface area contributed by atoms with E-state index >= 15 is 0 Å². The van der Waals surface area contributed by atoms with Gasteiger partial charge in [0.25, 0.3) is 0 Å². The molecule has 1 aromatic carbocycles. The van der Waals surface area contributed by atoms with Crippen molar-refractivity contribution in [2.24, 2.45) is 0 Å². The zero-order valence-corrected chi connectivity index (χ0v) is 14.4. The molecule has 0 saturated heterocycles. The number of ether oxygens (including phenoxy) is 2. The second-order valence-electron chi connectivity index (χ2n) is 5.67. The number of hydrogen-bond acceptors (Lipinski definition) is 5. The summed E-state index contributed by atoms with van der Waals surface area (Å²) in [5, 5.41) is 4.24. The van der Waals surface area contributed by atoms with Crippen molar-refractivity contribution in [3.8, 4) is 11.5 Å². The van der Waals surface area contributed by atoms with Crippen molar-refractivity contribution in [3.05, 3.63) is 41.3 Å². The normalized spacial score (nSPS) is 13.6. The van der Waals surface area contributed by atoms with Crippen LogP contribution >= 0.6 is 11.8 Å². The van der Waals surface area contributed by atoms with E-state index in [1.165, 1.54) is 18.4 Å². The van der Waals surface area contributed by atoms with Crippen LogP contribution in [0, 0.1) is 0 Å². The number of benzene rings is 1. The van der Waals surface area contributed by atoms with Crippen molar-refractivity contribution in [3.63, 3.8) is 0 Å². The van der Waals surface area contributed by atoms with Crippen LogP contribution in [-0.2, 0) is 18.6 Å². The lowest BCUT2D eigenvalue weighted by Crippen LogP contribution is -2.02. The summed E-state index contributed by atoms with van der Waals surface area (Å²) < 4.78 is 16.3. The molecule has 3 rings (SSSR count). The summed E-state index contributed by atoms with van der Waals surface area (Å²) in [6.07, 6.45) is 5.72. The van der Waals surface area contributed by atoms with E-state index in [2.05, 4.69) is 5.16 Å². The van der Waals surface area contributed by atoms with Crippen LogP contribution in [0.4, 0.5) is 0 Å². The molecule has 2 aromatic rings. The van der Waals surface area contributed by atoms with Crippen molar-refractivity contribution in [2.45, 2.75) is 37.9 Å². The first kappa shape index (κ1) is 16.2. The Morgan fingerprint density at radius 1 is 1.13 bits per heavy atom. The maximum atomic E-state index is 5.73. The summed E-state index contributed by atoms with van der Waals surface area (Å²) in [6, 6.07) is 7.71. The molecule has 0 fully saturated rings. The van der Waals surface area contributed by atoms with Crippen LogP contribution in [0.25, 0.3) is 0 Å². The minimum absolute atomic E-state index is 0.732. The maximum absolute atomic E-state index is 5.73. The van der Waals surface area contributed by atoms with Gasteiger partial charge in [0.15, 0.2) is 0 Å². The zero-order chi connectivity index (χ0) is 15.9. The van der Waals surface area contributed by atoms with Gasteiger partial charge < -0.3 is 14.0 Å². The van der Waals surface area contributed by atoms with Gasteiger partial charge in [-0.05, 0) is 55.7 Å². The molecular weight excluding hydrogens is 310 g/mol. The predicted octanol–water partition coefficient (Wildman–Crippen LogP) is 4.26. The van der Waals surface area contributed by atoms with Crippen LogP contribution < -0.4 is 9.47 Å². The highest BCUT2D eigenvalue weighted by Crippen LogP contribution is 2.26. The molecule has 0 spiro atoms. The second-order valence-corrected chi connectivity index (χ2v) is 6.77. The van der Waals surface area contributed by atoms with Crippen LogP contribution in [0.3, 0.4) is 0 Å². The molecule has 1 heterocycles. The highest BCUT2D eigenvalue weighted by molar-refractivity contribution is 7.98. The van der Waals surface area contributed by atoms with E-state index in [-0.39, 0.29) is 0 Å². The number of methoxy groups -OCH3 is 1. The first-order valence-electron chi connectivity index (χ1n) is 8.17. The Labute approximate surface area is 141 Å². The van der Waals surface area contributed by atoms with Gasteiger partial charge in [-0.1, -0.05) is 5.16 Å². The average Bonchev–Trinajstić information content (AvgIpc) is 3.02. The third-order valence-corrected chi connectivity index (χ3v) is 5.09. The molecule has 0 bridgehead atoms. The lowest BCUT2D eigenvalue weighted by atomic mass is 9.97. The molecule has 0 atom stereocenters. The van der Waals surface area contributed by atoms with E-state index in [4.69, 9.17) is 14.0 Å². The van der Waals surface area contributed by atoms with E-state index < -0.39 is 0 Å². The summed E-state index contributed by atoms with van der Waals surface area (Å²) >= 11 is 1.90. The van der Waals surface area contributed by atoms with Crippen LogP contribution in [0.5, 0.6) is 11.5 Å². The Hall–Kier alpha value is -1.62. The standard InChI is InChI=1S/C18H23NO3S/c1-20-14-7-9-15(10-8-14)21-11-4-12-23-13-17-16-5-2-3-6-18(16)22-19-17/h7-10H,2-6,11-13H2,1H3. The Bertz CT molecular complexity index is 609. The van der Waals surface area contributed by atoms with Gasteiger partial charge in [-0.15, -0.1) is 0 Å². The first-order valence-corrected chi connectivity index (χ1v) is 9.33. The van der Waals surface area contributed by atoms with Gasteiger partial charge in [0.2, 0.25) is 0 Å². The molecule has 124 valence electrons. The zero-order valence-electron chi connectivity index (χ0n) is 13.5. The number of thioether (sulfide) groups is 1. The number of hydrogen-bond donors (Lipinski definition) is 0. The van der Waals surface area contributed by atoms with Crippen molar-refractivity contribution in [1.29, 1.82) is 0 Å². The average molecular weight is 333 g/mol. The Morgan fingerprint density at radius 2 is 1.91 bits per heavy atom. The van der Waals surface area contributed by atoms with Gasteiger partial charge in [-0.2, -0.15) is 11.8 Å². The highest BCUT2D eigenvalue weighted by Gasteiger charge is 2.18. The molecule has 23 heavy (non-hydrogen) atoms. The van der Waals surface area contributed by atoms with Crippen molar-refractivity contribution < 1.29 is 14.0 Å². The number of aryl methyl sites for hydroxylation is 1. The Morgan fingerprint density at radius 3 is 2.74 bits per heavy atom. The monoisotopic (exact) mass is 333 g/mol. The fraction of sp³-hybridized carbons (Fsp3) is 0.500. The molecular formula is C18H23NO3S. The van der Waals surface area contributed by atoms with E-state index in [0.717, 1.165) is 60.3 Å². The SMILES string of the molecule is COc1ccc(OCCCSCc2noc3c2CCCC3)cc1. The largest absolute Gasteiger partial charge is 0.497 e. The molecule has 1 aliphatic carbocycles. The third-order valence-electron chi connectivity index (χ3n) is 4.03. The molecule has 5 heteroatoms. The smallest absolute Gasteiger partial charge is 0.140 e. The first-order chi connectivity index (χ1) is 11.4. The lowest BCUT2D eigenvalue weighted by Gasteiger charge is -2.09. The maximum Gasteiger partial charge on any atom is 0.140 e. The van der Waals surface area contributed by atoms with Gasteiger partial charge in [-0.25, -0.2) is 0 Å². The third kappa shape index (κ3) is 4.44. The molecule has 0 aliphatic heterocycles. The molecule has 0 unspecified atom stereocenters. The van der Waals surface area contributed by atoms with Gasteiger partial charge in [-0.3, -0.25) is 0 Å². The summed E-state index contributed by atoms with van der Waals surface area (Å²) in [4.78, 5) is 0. The predicted molar refractivity (Wildman–Crippen MR) is 92.4 cm³/mol. The molecule has 4 nitrogen and oxygen atoms in total. The molecule has 0 radical (unpaired) electrons. The summed E-state index contributed by atoms with van der Waals surface area (Å²) in [5.74, 6) is 4.87. The van der Waals surface area contributed by atoms with E-state index in [1.54, 1.807) is 7.11 Å². The number of aromatic nitrogens is 1.